The first-order valence-corrected chi connectivity index (χ1v) is 17.0. The molecule has 1 fully saturated rings. The first kappa shape index (κ1) is 36.4. The van der Waals surface area contributed by atoms with E-state index >= 15 is 0 Å². The topological polar surface area (TPSA) is 209 Å². The summed E-state index contributed by atoms with van der Waals surface area (Å²) in [7, 11) is 1.55. The molecule has 0 spiro atoms. The van der Waals surface area contributed by atoms with Crippen LogP contribution in [-0.4, -0.2) is 104 Å². The van der Waals surface area contributed by atoms with Crippen LogP contribution >= 0.6 is 0 Å². The molecule has 3 aromatic carbocycles. The van der Waals surface area contributed by atoms with Crippen LogP contribution in [0.1, 0.15) is 22.5 Å². The number of rotatable bonds is 15. The standard InChI is InChI=1S/C36H39FN12O4/c1-53-16-11-39-32(50)30(18-23-5-7-24(20-38)8-6-23)44-35-46-33(40-21-31-42-28-10-9-26(37)19-29(28)43-31)45-34(47-35)41-27-4-2-3-25(17-27)22-48-12-14-49(15-13-48)36(51)52/h2-10,17,19,30H,11-16,18,21-22H2,1H3,(H,39,50)(H,42,43)(H,51,52)(H3,40,41,44,45,46,47). The molecule has 2 amide bonds. The number of hydrogen-bond donors (Lipinski definition) is 6. The van der Waals surface area contributed by atoms with Gasteiger partial charge in [-0.05, 0) is 53.6 Å². The van der Waals surface area contributed by atoms with Crippen LogP contribution in [0.15, 0.2) is 66.7 Å². The molecule has 0 bridgehead atoms. The molecule has 1 aliphatic rings. The molecule has 6 N–H and O–H groups in total. The number of H-pyrrole nitrogens is 1. The lowest BCUT2D eigenvalue weighted by Gasteiger charge is -2.33. The molecule has 1 atom stereocenters. The predicted octanol–water partition coefficient (Wildman–Crippen LogP) is 3.70. The number of imidazole rings is 1. The first-order chi connectivity index (χ1) is 25.7. The summed E-state index contributed by atoms with van der Waals surface area (Å²) in [6.07, 6.45) is -0.642. The minimum Gasteiger partial charge on any atom is -0.465 e. The summed E-state index contributed by atoms with van der Waals surface area (Å²) in [4.78, 5) is 49.7. The number of nitriles is 1. The Morgan fingerprint density at radius 1 is 0.981 bits per heavy atom. The highest BCUT2D eigenvalue weighted by Crippen LogP contribution is 2.21. The highest BCUT2D eigenvalue weighted by molar-refractivity contribution is 5.84. The molecule has 17 heteroatoms. The van der Waals surface area contributed by atoms with Crippen molar-refractivity contribution in [2.24, 2.45) is 0 Å². The number of aromatic nitrogens is 5. The number of nitrogens with one attached hydrogen (secondary N) is 5. The zero-order valence-corrected chi connectivity index (χ0v) is 29.0. The molecule has 1 aliphatic heterocycles. The van der Waals surface area contributed by atoms with E-state index in [4.69, 9.17) is 4.74 Å². The number of carboxylic acid groups (broad SMARTS) is 1. The molecule has 0 radical (unpaired) electrons. The van der Waals surface area contributed by atoms with Crippen LogP contribution in [0, 0.1) is 17.1 Å². The summed E-state index contributed by atoms with van der Waals surface area (Å²) in [5.41, 5.74) is 4.21. The molecule has 1 saturated heterocycles. The monoisotopic (exact) mass is 722 g/mol. The third-order valence-corrected chi connectivity index (χ3v) is 8.52. The van der Waals surface area contributed by atoms with E-state index in [2.05, 4.69) is 57.2 Å². The Hall–Kier alpha value is -6.38. The summed E-state index contributed by atoms with van der Waals surface area (Å²) >= 11 is 0. The van der Waals surface area contributed by atoms with Crippen molar-refractivity contribution in [2.45, 2.75) is 25.6 Å². The van der Waals surface area contributed by atoms with Gasteiger partial charge in [-0.2, -0.15) is 20.2 Å². The van der Waals surface area contributed by atoms with Gasteiger partial charge in [0, 0.05) is 58.5 Å². The van der Waals surface area contributed by atoms with Crippen LogP contribution < -0.4 is 21.3 Å². The first-order valence-electron chi connectivity index (χ1n) is 17.0. The van der Waals surface area contributed by atoms with Crippen molar-refractivity contribution in [1.82, 2.24) is 40.0 Å². The molecule has 0 aliphatic carbocycles. The Bertz CT molecular complexity index is 2080. The minimum atomic E-state index is -0.906. The Morgan fingerprint density at radius 2 is 1.75 bits per heavy atom. The van der Waals surface area contributed by atoms with Crippen LogP contribution in [0.2, 0.25) is 0 Å². The highest BCUT2D eigenvalue weighted by atomic mass is 19.1. The zero-order chi connectivity index (χ0) is 37.2. The number of fused-ring (bicyclic) bond motifs is 1. The molecule has 274 valence electrons. The van der Waals surface area contributed by atoms with Crippen LogP contribution in [0.3, 0.4) is 0 Å². The lowest BCUT2D eigenvalue weighted by molar-refractivity contribution is -0.122. The fourth-order valence-electron chi connectivity index (χ4n) is 5.80. The smallest absolute Gasteiger partial charge is 0.407 e. The maximum absolute atomic E-state index is 13.8. The van der Waals surface area contributed by atoms with Crippen molar-refractivity contribution in [1.29, 1.82) is 5.26 Å². The van der Waals surface area contributed by atoms with Crippen LogP contribution in [-0.2, 0) is 29.0 Å². The van der Waals surface area contributed by atoms with E-state index in [0.717, 1.165) is 11.1 Å². The average Bonchev–Trinajstić information content (AvgIpc) is 3.56. The second kappa shape index (κ2) is 17.2. The number of ether oxygens (including phenoxy) is 1. The summed E-state index contributed by atoms with van der Waals surface area (Å²) in [6.45, 7) is 3.59. The number of piperazine rings is 1. The molecule has 53 heavy (non-hydrogen) atoms. The van der Waals surface area contributed by atoms with Gasteiger partial charge in [0.25, 0.3) is 0 Å². The number of carbonyl (C=O) groups excluding carboxylic acids is 1. The molecule has 2 aromatic heterocycles. The zero-order valence-electron chi connectivity index (χ0n) is 29.0. The Kier molecular flexibility index (Phi) is 11.8. The number of hydrogen-bond acceptors (Lipinski definition) is 12. The quantitative estimate of drug-likeness (QED) is 0.0853. The Balaban J connectivity index is 1.24. The van der Waals surface area contributed by atoms with E-state index < -0.39 is 12.1 Å². The third-order valence-electron chi connectivity index (χ3n) is 8.52. The lowest BCUT2D eigenvalue weighted by atomic mass is 10.0. The maximum Gasteiger partial charge on any atom is 0.407 e. The van der Waals surface area contributed by atoms with E-state index in [1.165, 1.54) is 17.0 Å². The summed E-state index contributed by atoms with van der Waals surface area (Å²) in [5.74, 6) is 0.341. The van der Waals surface area contributed by atoms with Gasteiger partial charge in [-0.15, -0.1) is 0 Å². The number of methoxy groups -OCH3 is 1. The van der Waals surface area contributed by atoms with Crippen molar-refractivity contribution in [2.75, 3.05) is 62.4 Å². The van der Waals surface area contributed by atoms with E-state index in [9.17, 15) is 24.3 Å². The van der Waals surface area contributed by atoms with Crippen LogP contribution in [0.4, 0.5) is 32.7 Å². The minimum absolute atomic E-state index is 0.115. The Morgan fingerprint density at radius 3 is 2.51 bits per heavy atom. The molecule has 5 aromatic rings. The lowest BCUT2D eigenvalue weighted by Crippen LogP contribution is -2.47. The number of halogens is 1. The summed E-state index contributed by atoms with van der Waals surface area (Å²) in [6, 6.07) is 20.3. The number of anilines is 4. The molecule has 6 rings (SSSR count). The maximum atomic E-state index is 13.8. The molecule has 1 unspecified atom stereocenters. The van der Waals surface area contributed by atoms with Gasteiger partial charge in [0.15, 0.2) is 0 Å². The van der Waals surface area contributed by atoms with E-state index in [0.29, 0.717) is 74.0 Å². The van der Waals surface area contributed by atoms with Crippen molar-refractivity contribution in [3.8, 4) is 6.07 Å². The van der Waals surface area contributed by atoms with Crippen molar-refractivity contribution >= 4 is 46.6 Å². The van der Waals surface area contributed by atoms with E-state index in [-0.39, 0.29) is 42.5 Å². The van der Waals surface area contributed by atoms with Crippen LogP contribution in [0.5, 0.6) is 0 Å². The molecular weight excluding hydrogens is 683 g/mol. The van der Waals surface area contributed by atoms with Crippen molar-refractivity contribution in [3.05, 3.63) is 95.1 Å². The van der Waals surface area contributed by atoms with E-state index in [1.807, 2.05) is 24.3 Å². The number of aromatic amines is 1. The summed E-state index contributed by atoms with van der Waals surface area (Å²) < 4.78 is 18.9. The number of benzene rings is 3. The van der Waals surface area contributed by atoms with Gasteiger partial charge >= 0.3 is 6.09 Å². The third kappa shape index (κ3) is 10.1. The summed E-state index contributed by atoms with van der Waals surface area (Å²) in [5, 5.41) is 31.0. The van der Waals surface area contributed by atoms with Gasteiger partial charge in [0.2, 0.25) is 23.8 Å². The molecular formula is C36H39FN12O4. The molecule has 16 nitrogen and oxygen atoms in total. The largest absolute Gasteiger partial charge is 0.465 e. The SMILES string of the molecule is COCCNC(=O)C(Cc1ccc(C#N)cc1)Nc1nc(NCc2nc3ccc(F)cc3[nH]2)nc(Nc2cccc(CN3CCN(C(=O)O)CC3)c2)n1. The van der Waals surface area contributed by atoms with Crippen molar-refractivity contribution in [3.63, 3.8) is 0 Å². The van der Waals surface area contributed by atoms with Gasteiger partial charge in [-0.1, -0.05) is 24.3 Å². The molecule has 3 heterocycles. The number of amides is 2. The van der Waals surface area contributed by atoms with Crippen molar-refractivity contribution < 1.29 is 23.8 Å². The second-order valence-corrected chi connectivity index (χ2v) is 12.4. The number of carbonyl (C=O) groups is 2. The second-order valence-electron chi connectivity index (χ2n) is 12.4. The fraction of sp³-hybridized carbons (Fsp3) is 0.306. The van der Waals surface area contributed by atoms with Gasteiger partial charge < -0.3 is 41.0 Å². The highest BCUT2D eigenvalue weighted by Gasteiger charge is 2.22. The molecule has 0 saturated carbocycles. The van der Waals surface area contributed by atoms with Gasteiger partial charge in [0.1, 0.15) is 17.7 Å². The number of nitrogens with zero attached hydrogens (tertiary/aromatic N) is 7. The normalized spacial score (nSPS) is 13.6. The fourth-order valence-corrected chi connectivity index (χ4v) is 5.80. The van der Waals surface area contributed by atoms with E-state index in [1.54, 1.807) is 37.4 Å². The predicted molar refractivity (Wildman–Crippen MR) is 195 cm³/mol. The Labute approximate surface area is 304 Å². The average molecular weight is 723 g/mol. The van der Waals surface area contributed by atoms with Gasteiger partial charge in [0.05, 0.1) is 35.8 Å². The van der Waals surface area contributed by atoms with Gasteiger partial charge in [-0.3, -0.25) is 9.69 Å². The van der Waals surface area contributed by atoms with Crippen LogP contribution in [0.25, 0.3) is 11.0 Å². The van der Waals surface area contributed by atoms with Gasteiger partial charge in [-0.25, -0.2) is 14.2 Å².